The van der Waals surface area contributed by atoms with E-state index in [4.69, 9.17) is 0 Å². The summed E-state index contributed by atoms with van der Waals surface area (Å²) in [5.74, 6) is 0.952. The van der Waals surface area contributed by atoms with Gasteiger partial charge in [0.25, 0.3) is 0 Å². The minimum atomic E-state index is 0.765. The molecule has 1 aliphatic heterocycles. The molecule has 2 heteroatoms. The second-order valence-electron chi connectivity index (χ2n) is 6.06. The summed E-state index contributed by atoms with van der Waals surface area (Å²) in [6.07, 6.45) is 9.94. The average Bonchev–Trinajstić information content (AvgIpc) is 2.64. The van der Waals surface area contributed by atoms with Gasteiger partial charge in [0.15, 0.2) is 0 Å². The molecule has 0 amide bonds. The summed E-state index contributed by atoms with van der Waals surface area (Å²) >= 11 is 0. The minimum absolute atomic E-state index is 0.765. The van der Waals surface area contributed by atoms with Crippen LogP contribution in [0.3, 0.4) is 0 Å². The molecule has 2 atom stereocenters. The van der Waals surface area contributed by atoms with Crippen LogP contribution in [-0.4, -0.2) is 36.6 Å². The van der Waals surface area contributed by atoms with E-state index in [0.29, 0.717) is 0 Å². The Balaban J connectivity index is 1.91. The zero-order valence-corrected chi connectivity index (χ0v) is 11.8. The maximum absolute atomic E-state index is 3.82. The summed E-state index contributed by atoms with van der Waals surface area (Å²) in [5.41, 5.74) is 0. The molecule has 0 radical (unpaired) electrons. The predicted molar refractivity (Wildman–Crippen MR) is 74.3 cm³/mol. The van der Waals surface area contributed by atoms with Gasteiger partial charge in [0.05, 0.1) is 0 Å². The molecule has 0 aromatic rings. The number of nitrogens with zero attached hydrogens (tertiary/aromatic N) is 1. The summed E-state index contributed by atoms with van der Waals surface area (Å²) in [4.78, 5) is 2.72. The van der Waals surface area contributed by atoms with Gasteiger partial charge in [0.2, 0.25) is 0 Å². The van der Waals surface area contributed by atoms with Crippen LogP contribution in [0.4, 0.5) is 0 Å². The largest absolute Gasteiger partial charge is 0.312 e. The molecule has 0 aromatic carbocycles. The monoisotopic (exact) mass is 238 g/mol. The highest BCUT2D eigenvalue weighted by atomic mass is 15.2. The summed E-state index contributed by atoms with van der Waals surface area (Å²) in [7, 11) is 0. The summed E-state index contributed by atoms with van der Waals surface area (Å²) in [6.45, 7) is 8.53. The highest BCUT2D eigenvalue weighted by molar-refractivity contribution is 4.85. The first-order valence-electron chi connectivity index (χ1n) is 7.78. The van der Waals surface area contributed by atoms with Crippen LogP contribution in [0, 0.1) is 5.92 Å². The molecule has 0 spiro atoms. The number of rotatable bonds is 3. The van der Waals surface area contributed by atoms with Crippen LogP contribution in [0.2, 0.25) is 0 Å². The van der Waals surface area contributed by atoms with E-state index in [1.165, 1.54) is 64.6 Å². The molecule has 0 bridgehead atoms. The minimum Gasteiger partial charge on any atom is -0.312 e. The van der Waals surface area contributed by atoms with Gasteiger partial charge in [-0.1, -0.05) is 26.2 Å². The zero-order valence-electron chi connectivity index (χ0n) is 11.8. The molecule has 2 fully saturated rings. The van der Waals surface area contributed by atoms with Crippen molar-refractivity contribution < 1.29 is 0 Å². The van der Waals surface area contributed by atoms with Gasteiger partial charge in [0.1, 0.15) is 0 Å². The van der Waals surface area contributed by atoms with Crippen molar-refractivity contribution in [3.63, 3.8) is 0 Å². The lowest BCUT2D eigenvalue weighted by atomic mass is 9.83. The molecule has 1 heterocycles. The normalized spacial score (nSPS) is 31.1. The molecule has 0 aromatic heterocycles. The van der Waals surface area contributed by atoms with E-state index in [0.717, 1.165) is 18.0 Å². The van der Waals surface area contributed by atoms with Crippen molar-refractivity contribution in [1.29, 1.82) is 0 Å². The Hall–Kier alpha value is -0.0800. The standard InChI is InChI=1S/C15H30N2/c1-3-13(2)17-11-7-10-16-15(12-17)14-8-5-4-6-9-14/h13-16H,3-12H2,1-2H3. The van der Waals surface area contributed by atoms with Gasteiger partial charge in [-0.15, -0.1) is 0 Å². The van der Waals surface area contributed by atoms with Crippen LogP contribution in [-0.2, 0) is 0 Å². The highest BCUT2D eigenvalue weighted by Gasteiger charge is 2.27. The van der Waals surface area contributed by atoms with Crippen LogP contribution in [0.25, 0.3) is 0 Å². The molecule has 2 aliphatic rings. The third-order valence-corrected chi connectivity index (χ3v) is 4.89. The lowest BCUT2D eigenvalue weighted by Gasteiger charge is -2.35. The Morgan fingerprint density at radius 1 is 1.18 bits per heavy atom. The molecule has 2 nitrogen and oxygen atoms in total. The quantitative estimate of drug-likeness (QED) is 0.813. The maximum atomic E-state index is 3.82. The molecule has 1 saturated heterocycles. The van der Waals surface area contributed by atoms with Crippen LogP contribution >= 0.6 is 0 Å². The van der Waals surface area contributed by atoms with E-state index < -0.39 is 0 Å². The Morgan fingerprint density at radius 2 is 1.94 bits per heavy atom. The fraction of sp³-hybridized carbons (Fsp3) is 1.00. The molecule has 1 aliphatic carbocycles. The Morgan fingerprint density at radius 3 is 2.65 bits per heavy atom. The van der Waals surface area contributed by atoms with Crippen LogP contribution < -0.4 is 5.32 Å². The maximum Gasteiger partial charge on any atom is 0.0223 e. The fourth-order valence-electron chi connectivity index (χ4n) is 3.49. The van der Waals surface area contributed by atoms with Crippen LogP contribution in [0.5, 0.6) is 0 Å². The molecule has 2 unspecified atom stereocenters. The van der Waals surface area contributed by atoms with Crippen molar-refractivity contribution in [2.45, 2.75) is 70.9 Å². The molecule has 2 rings (SSSR count). The van der Waals surface area contributed by atoms with E-state index in [1.807, 2.05) is 0 Å². The fourth-order valence-corrected chi connectivity index (χ4v) is 3.49. The van der Waals surface area contributed by atoms with E-state index in [2.05, 4.69) is 24.1 Å². The third-order valence-electron chi connectivity index (χ3n) is 4.89. The van der Waals surface area contributed by atoms with Crippen molar-refractivity contribution in [3.05, 3.63) is 0 Å². The van der Waals surface area contributed by atoms with Crippen molar-refractivity contribution in [2.75, 3.05) is 19.6 Å². The average molecular weight is 238 g/mol. The third kappa shape index (κ3) is 3.69. The van der Waals surface area contributed by atoms with Gasteiger partial charge < -0.3 is 5.32 Å². The first-order chi connectivity index (χ1) is 8.31. The van der Waals surface area contributed by atoms with E-state index in [1.54, 1.807) is 0 Å². The second-order valence-corrected chi connectivity index (χ2v) is 6.06. The Kier molecular flexibility index (Phi) is 5.30. The van der Waals surface area contributed by atoms with Crippen molar-refractivity contribution in [3.8, 4) is 0 Å². The van der Waals surface area contributed by atoms with Gasteiger partial charge in [-0.05, 0) is 51.6 Å². The number of nitrogens with one attached hydrogen (secondary N) is 1. The molecular weight excluding hydrogens is 208 g/mol. The number of hydrogen-bond acceptors (Lipinski definition) is 2. The molecule has 1 saturated carbocycles. The van der Waals surface area contributed by atoms with Crippen LogP contribution in [0.15, 0.2) is 0 Å². The topological polar surface area (TPSA) is 15.3 Å². The van der Waals surface area contributed by atoms with Gasteiger partial charge in [-0.25, -0.2) is 0 Å². The number of hydrogen-bond donors (Lipinski definition) is 1. The molecular formula is C15H30N2. The van der Waals surface area contributed by atoms with Gasteiger partial charge in [-0.3, -0.25) is 4.90 Å². The molecule has 17 heavy (non-hydrogen) atoms. The lowest BCUT2D eigenvalue weighted by molar-refractivity contribution is 0.167. The van der Waals surface area contributed by atoms with Gasteiger partial charge in [0, 0.05) is 18.6 Å². The SMILES string of the molecule is CCC(C)N1CCCNC(C2CCCCC2)C1. The lowest BCUT2D eigenvalue weighted by Crippen LogP contribution is -2.45. The summed E-state index contributed by atoms with van der Waals surface area (Å²) in [6, 6.07) is 1.53. The second kappa shape index (κ2) is 6.75. The van der Waals surface area contributed by atoms with Crippen molar-refractivity contribution >= 4 is 0 Å². The predicted octanol–water partition coefficient (Wildman–Crippen LogP) is 3.03. The van der Waals surface area contributed by atoms with E-state index in [-0.39, 0.29) is 0 Å². The Labute approximate surface area is 107 Å². The highest BCUT2D eigenvalue weighted by Crippen LogP contribution is 2.28. The van der Waals surface area contributed by atoms with Gasteiger partial charge >= 0.3 is 0 Å². The first kappa shape index (κ1) is 13.4. The summed E-state index contributed by atoms with van der Waals surface area (Å²) < 4.78 is 0. The van der Waals surface area contributed by atoms with Crippen molar-refractivity contribution in [2.24, 2.45) is 5.92 Å². The summed E-state index contributed by atoms with van der Waals surface area (Å²) in [5, 5.41) is 3.82. The molecule has 100 valence electrons. The van der Waals surface area contributed by atoms with Gasteiger partial charge in [-0.2, -0.15) is 0 Å². The Bertz CT molecular complexity index is 211. The van der Waals surface area contributed by atoms with E-state index in [9.17, 15) is 0 Å². The van der Waals surface area contributed by atoms with Crippen molar-refractivity contribution in [1.82, 2.24) is 10.2 Å². The van der Waals surface area contributed by atoms with E-state index >= 15 is 0 Å². The zero-order chi connectivity index (χ0) is 12.1. The smallest absolute Gasteiger partial charge is 0.0223 e. The first-order valence-corrected chi connectivity index (χ1v) is 7.78. The molecule has 1 N–H and O–H groups in total. The van der Waals surface area contributed by atoms with Crippen LogP contribution in [0.1, 0.15) is 58.8 Å².